The third-order valence-corrected chi connectivity index (χ3v) is 2.36. The summed E-state index contributed by atoms with van der Waals surface area (Å²) in [7, 11) is 1.61. The van der Waals surface area contributed by atoms with Gasteiger partial charge in [0, 0.05) is 32.6 Å². The zero-order valence-electron chi connectivity index (χ0n) is 10.3. The van der Waals surface area contributed by atoms with Crippen LogP contribution in [0.4, 0.5) is 0 Å². The molecule has 1 atom stereocenters. The fraction of sp³-hybridized carbons (Fsp3) is 0.500. The molecule has 0 saturated carbocycles. The lowest BCUT2D eigenvalue weighted by Gasteiger charge is -2.13. The van der Waals surface area contributed by atoms with Crippen LogP contribution in [-0.2, 0) is 16.1 Å². The molecule has 0 bridgehead atoms. The number of aromatic nitrogens is 1. The molecule has 1 heterocycles. The first-order valence-electron chi connectivity index (χ1n) is 5.63. The van der Waals surface area contributed by atoms with Gasteiger partial charge in [0.1, 0.15) is 0 Å². The maximum atomic E-state index is 11.6. The predicted octanol–water partition coefficient (Wildman–Crippen LogP) is 0.322. The second kappa shape index (κ2) is 7.76. The highest BCUT2D eigenvalue weighted by Crippen LogP contribution is 1.96. The van der Waals surface area contributed by atoms with Crippen LogP contribution in [0.2, 0.25) is 0 Å². The number of ether oxygens (including phenoxy) is 1. The quantitative estimate of drug-likeness (QED) is 0.671. The van der Waals surface area contributed by atoms with Gasteiger partial charge in [-0.25, -0.2) is 0 Å². The predicted molar refractivity (Wildman–Crippen MR) is 65.4 cm³/mol. The molecule has 1 aromatic rings. The molecule has 0 aliphatic heterocycles. The summed E-state index contributed by atoms with van der Waals surface area (Å²) in [5.74, 6) is -0.0175. The lowest BCUT2D eigenvalue weighted by Crippen LogP contribution is -2.42. The summed E-state index contributed by atoms with van der Waals surface area (Å²) < 4.78 is 4.86. The third-order valence-electron chi connectivity index (χ3n) is 2.36. The molecule has 0 aromatic carbocycles. The molecule has 0 fully saturated rings. The molecule has 17 heavy (non-hydrogen) atoms. The number of hydrogen-bond acceptors (Lipinski definition) is 4. The fourth-order valence-corrected chi connectivity index (χ4v) is 1.29. The van der Waals surface area contributed by atoms with Crippen molar-refractivity contribution in [3.05, 3.63) is 30.1 Å². The lowest BCUT2D eigenvalue weighted by atomic mass is 10.2. The molecule has 5 heteroatoms. The normalized spacial score (nSPS) is 12.1. The van der Waals surface area contributed by atoms with E-state index in [4.69, 9.17) is 4.74 Å². The number of carbonyl (C=O) groups excluding carboxylic acids is 1. The van der Waals surface area contributed by atoms with Gasteiger partial charge >= 0.3 is 0 Å². The summed E-state index contributed by atoms with van der Waals surface area (Å²) in [5, 5.41) is 5.93. The summed E-state index contributed by atoms with van der Waals surface area (Å²) in [6, 6.07) is 3.62. The molecule has 0 aliphatic rings. The van der Waals surface area contributed by atoms with Gasteiger partial charge < -0.3 is 15.4 Å². The van der Waals surface area contributed by atoms with Crippen LogP contribution < -0.4 is 10.6 Å². The van der Waals surface area contributed by atoms with Gasteiger partial charge in [0.2, 0.25) is 5.91 Å². The maximum Gasteiger partial charge on any atom is 0.236 e. The van der Waals surface area contributed by atoms with Crippen molar-refractivity contribution in [1.29, 1.82) is 0 Å². The summed E-state index contributed by atoms with van der Waals surface area (Å²) in [6.45, 7) is 3.56. The van der Waals surface area contributed by atoms with Crippen LogP contribution >= 0.6 is 0 Å². The first kappa shape index (κ1) is 13.6. The molecule has 0 radical (unpaired) electrons. The first-order valence-corrected chi connectivity index (χ1v) is 5.63. The van der Waals surface area contributed by atoms with E-state index in [1.165, 1.54) is 0 Å². The molecular formula is C12H19N3O2. The van der Waals surface area contributed by atoms with Crippen LogP contribution in [0.3, 0.4) is 0 Å². The summed E-state index contributed by atoms with van der Waals surface area (Å²) >= 11 is 0. The topological polar surface area (TPSA) is 63.2 Å². The van der Waals surface area contributed by atoms with Gasteiger partial charge in [-0.3, -0.25) is 9.78 Å². The molecule has 2 N–H and O–H groups in total. The van der Waals surface area contributed by atoms with E-state index in [-0.39, 0.29) is 11.9 Å². The van der Waals surface area contributed by atoms with Crippen molar-refractivity contribution in [3.8, 4) is 0 Å². The van der Waals surface area contributed by atoms with E-state index in [1.807, 2.05) is 19.1 Å². The molecule has 0 aliphatic carbocycles. The van der Waals surface area contributed by atoms with Crippen LogP contribution in [0.5, 0.6) is 0 Å². The highest BCUT2D eigenvalue weighted by atomic mass is 16.5. The summed E-state index contributed by atoms with van der Waals surface area (Å²) in [4.78, 5) is 15.5. The van der Waals surface area contributed by atoms with Gasteiger partial charge in [-0.15, -0.1) is 0 Å². The van der Waals surface area contributed by atoms with E-state index in [2.05, 4.69) is 15.6 Å². The molecule has 94 valence electrons. The van der Waals surface area contributed by atoms with Crippen molar-refractivity contribution < 1.29 is 9.53 Å². The SMILES string of the molecule is COCCNC(=O)C(C)NCc1ccncc1. The Morgan fingerprint density at radius 1 is 1.47 bits per heavy atom. The molecule has 5 nitrogen and oxygen atoms in total. The first-order chi connectivity index (χ1) is 8.24. The highest BCUT2D eigenvalue weighted by Gasteiger charge is 2.10. The highest BCUT2D eigenvalue weighted by molar-refractivity contribution is 5.81. The Balaban J connectivity index is 2.24. The number of nitrogens with zero attached hydrogens (tertiary/aromatic N) is 1. The third kappa shape index (κ3) is 5.42. The zero-order chi connectivity index (χ0) is 12.5. The minimum absolute atomic E-state index is 0.0175. The minimum Gasteiger partial charge on any atom is -0.383 e. The van der Waals surface area contributed by atoms with Crippen molar-refractivity contribution in [2.24, 2.45) is 0 Å². The second-order valence-electron chi connectivity index (χ2n) is 3.74. The Labute approximate surface area is 102 Å². The van der Waals surface area contributed by atoms with Crippen molar-refractivity contribution >= 4 is 5.91 Å². The Morgan fingerprint density at radius 2 is 2.18 bits per heavy atom. The smallest absolute Gasteiger partial charge is 0.236 e. The molecule has 1 aromatic heterocycles. The van der Waals surface area contributed by atoms with Crippen LogP contribution in [0.25, 0.3) is 0 Å². The number of nitrogens with one attached hydrogen (secondary N) is 2. The van der Waals surface area contributed by atoms with Gasteiger partial charge in [-0.2, -0.15) is 0 Å². The molecule has 1 rings (SSSR count). The number of amides is 1. The van der Waals surface area contributed by atoms with E-state index in [9.17, 15) is 4.79 Å². The summed E-state index contributed by atoms with van der Waals surface area (Å²) in [6.07, 6.45) is 3.47. The molecule has 0 spiro atoms. The standard InChI is InChI=1S/C12H19N3O2/c1-10(12(16)14-7-8-17-2)15-9-11-3-5-13-6-4-11/h3-6,10,15H,7-9H2,1-2H3,(H,14,16). The monoisotopic (exact) mass is 237 g/mol. The van der Waals surface area contributed by atoms with Crippen LogP contribution in [0, 0.1) is 0 Å². The van der Waals surface area contributed by atoms with Gasteiger partial charge in [-0.1, -0.05) is 0 Å². The Kier molecular flexibility index (Phi) is 6.21. The van der Waals surface area contributed by atoms with Gasteiger partial charge in [0.05, 0.1) is 12.6 Å². The number of rotatable bonds is 7. The molecule has 0 saturated heterocycles. The fourth-order valence-electron chi connectivity index (χ4n) is 1.29. The zero-order valence-corrected chi connectivity index (χ0v) is 10.3. The van der Waals surface area contributed by atoms with E-state index in [0.29, 0.717) is 19.7 Å². The van der Waals surface area contributed by atoms with Crippen LogP contribution in [0.1, 0.15) is 12.5 Å². The van der Waals surface area contributed by atoms with Crippen molar-refractivity contribution in [1.82, 2.24) is 15.6 Å². The molecule has 1 amide bonds. The number of pyridine rings is 1. The Bertz CT molecular complexity index is 330. The molecule has 1 unspecified atom stereocenters. The van der Waals surface area contributed by atoms with Crippen molar-refractivity contribution in [2.75, 3.05) is 20.3 Å². The van der Waals surface area contributed by atoms with E-state index in [0.717, 1.165) is 5.56 Å². The number of methoxy groups -OCH3 is 1. The maximum absolute atomic E-state index is 11.6. The van der Waals surface area contributed by atoms with E-state index >= 15 is 0 Å². The van der Waals surface area contributed by atoms with Gasteiger partial charge in [0.15, 0.2) is 0 Å². The number of hydrogen-bond donors (Lipinski definition) is 2. The summed E-state index contributed by atoms with van der Waals surface area (Å²) in [5.41, 5.74) is 1.11. The number of carbonyl (C=O) groups is 1. The van der Waals surface area contributed by atoms with Gasteiger partial charge in [-0.05, 0) is 24.6 Å². The van der Waals surface area contributed by atoms with Crippen LogP contribution in [0.15, 0.2) is 24.5 Å². The lowest BCUT2D eigenvalue weighted by molar-refractivity contribution is -0.122. The van der Waals surface area contributed by atoms with E-state index < -0.39 is 0 Å². The average Bonchev–Trinajstić information content (AvgIpc) is 2.37. The Hall–Kier alpha value is -1.46. The van der Waals surface area contributed by atoms with Gasteiger partial charge in [0.25, 0.3) is 0 Å². The minimum atomic E-state index is -0.222. The average molecular weight is 237 g/mol. The van der Waals surface area contributed by atoms with Crippen LogP contribution in [-0.4, -0.2) is 37.2 Å². The largest absolute Gasteiger partial charge is 0.383 e. The molecular weight excluding hydrogens is 218 g/mol. The van der Waals surface area contributed by atoms with E-state index in [1.54, 1.807) is 19.5 Å². The second-order valence-corrected chi connectivity index (χ2v) is 3.74. The van der Waals surface area contributed by atoms with Crippen molar-refractivity contribution in [2.45, 2.75) is 19.5 Å². The Morgan fingerprint density at radius 3 is 2.82 bits per heavy atom. The van der Waals surface area contributed by atoms with Crippen molar-refractivity contribution in [3.63, 3.8) is 0 Å².